The first-order valence-electron chi connectivity index (χ1n) is 9.33. The van der Waals surface area contributed by atoms with E-state index in [1.807, 2.05) is 69.3 Å². The summed E-state index contributed by atoms with van der Waals surface area (Å²) in [7, 11) is 0. The van der Waals surface area contributed by atoms with Gasteiger partial charge in [-0.3, -0.25) is 4.79 Å². The van der Waals surface area contributed by atoms with Gasteiger partial charge in [-0.15, -0.1) is 5.10 Å². The quantitative estimate of drug-likeness (QED) is 0.536. The number of anilines is 1. The molecule has 2 aromatic carbocycles. The SMILES string of the molecule is CCOc1ccc(NC(=O)C(C)Sc2nnnn2-c2ccccc2OCC)cc1. The Hall–Kier alpha value is -3.07. The molecule has 1 heterocycles. The fraction of sp³-hybridized carbons (Fsp3) is 0.300. The highest BCUT2D eigenvalue weighted by molar-refractivity contribution is 8.00. The van der Waals surface area contributed by atoms with Crippen LogP contribution < -0.4 is 14.8 Å². The molecule has 0 aliphatic heterocycles. The van der Waals surface area contributed by atoms with E-state index in [0.29, 0.717) is 29.8 Å². The van der Waals surface area contributed by atoms with Crippen molar-refractivity contribution >= 4 is 23.4 Å². The Kier molecular flexibility index (Phi) is 7.07. The number of hydrogen-bond donors (Lipinski definition) is 1. The molecule has 0 radical (unpaired) electrons. The highest BCUT2D eigenvalue weighted by Crippen LogP contribution is 2.28. The number of nitrogens with zero attached hydrogens (tertiary/aromatic N) is 4. The highest BCUT2D eigenvalue weighted by Gasteiger charge is 2.20. The van der Waals surface area contributed by atoms with Crippen LogP contribution in [-0.4, -0.2) is 44.6 Å². The first-order valence-corrected chi connectivity index (χ1v) is 10.2. The fourth-order valence-electron chi connectivity index (χ4n) is 2.57. The third-order valence-corrected chi connectivity index (χ3v) is 4.95. The molecule has 152 valence electrons. The van der Waals surface area contributed by atoms with Crippen LogP contribution in [0.5, 0.6) is 11.5 Å². The number of amides is 1. The molecule has 0 fully saturated rings. The van der Waals surface area contributed by atoms with Crippen LogP contribution in [-0.2, 0) is 4.79 Å². The summed E-state index contributed by atoms with van der Waals surface area (Å²) in [5.41, 5.74) is 1.42. The molecule has 0 bridgehead atoms. The number of carbonyl (C=O) groups is 1. The van der Waals surface area contributed by atoms with Gasteiger partial charge in [-0.2, -0.15) is 4.68 Å². The van der Waals surface area contributed by atoms with Gasteiger partial charge in [-0.1, -0.05) is 23.9 Å². The first kappa shape index (κ1) is 20.7. The Labute approximate surface area is 173 Å². The molecule has 8 nitrogen and oxygen atoms in total. The van der Waals surface area contributed by atoms with E-state index in [1.54, 1.807) is 4.68 Å². The minimum atomic E-state index is -0.412. The number of nitrogens with one attached hydrogen (secondary N) is 1. The lowest BCUT2D eigenvalue weighted by molar-refractivity contribution is -0.115. The molecule has 3 aromatic rings. The zero-order chi connectivity index (χ0) is 20.6. The summed E-state index contributed by atoms with van der Waals surface area (Å²) in [6, 6.07) is 14.8. The van der Waals surface area contributed by atoms with Gasteiger partial charge in [0.25, 0.3) is 0 Å². The molecule has 29 heavy (non-hydrogen) atoms. The molecule has 9 heteroatoms. The predicted molar refractivity (Wildman–Crippen MR) is 112 cm³/mol. The largest absolute Gasteiger partial charge is 0.494 e. The minimum absolute atomic E-state index is 0.146. The van der Waals surface area contributed by atoms with Crippen molar-refractivity contribution in [2.45, 2.75) is 31.2 Å². The molecule has 1 atom stereocenters. The zero-order valence-corrected chi connectivity index (χ0v) is 17.3. The molecule has 0 spiro atoms. The molecule has 0 saturated carbocycles. The summed E-state index contributed by atoms with van der Waals surface area (Å²) in [4.78, 5) is 12.6. The van der Waals surface area contributed by atoms with E-state index in [2.05, 4.69) is 20.8 Å². The van der Waals surface area contributed by atoms with Crippen molar-refractivity contribution < 1.29 is 14.3 Å². The summed E-state index contributed by atoms with van der Waals surface area (Å²) in [6.07, 6.45) is 0. The molecular weight excluding hydrogens is 390 g/mol. The van der Waals surface area contributed by atoms with Gasteiger partial charge in [-0.25, -0.2) is 0 Å². The monoisotopic (exact) mass is 413 g/mol. The van der Waals surface area contributed by atoms with Crippen molar-refractivity contribution in [3.63, 3.8) is 0 Å². The average molecular weight is 414 g/mol. The van der Waals surface area contributed by atoms with E-state index in [9.17, 15) is 4.79 Å². The number of benzene rings is 2. The molecule has 0 saturated heterocycles. The maximum Gasteiger partial charge on any atom is 0.237 e. The van der Waals surface area contributed by atoms with Gasteiger partial charge in [0.05, 0.1) is 18.5 Å². The van der Waals surface area contributed by atoms with Gasteiger partial charge >= 0.3 is 0 Å². The van der Waals surface area contributed by atoms with E-state index in [0.717, 1.165) is 11.4 Å². The maximum absolute atomic E-state index is 12.6. The number of thioether (sulfide) groups is 1. The summed E-state index contributed by atoms with van der Waals surface area (Å²) < 4.78 is 12.7. The van der Waals surface area contributed by atoms with Crippen molar-refractivity contribution in [3.05, 3.63) is 48.5 Å². The van der Waals surface area contributed by atoms with Crippen molar-refractivity contribution in [1.82, 2.24) is 20.2 Å². The standard InChI is InChI=1S/C20H23N5O3S/c1-4-27-16-12-10-15(11-13-16)21-19(26)14(3)29-20-22-23-24-25(20)17-8-6-7-9-18(17)28-5-2/h6-14H,4-5H2,1-3H3,(H,21,26). The number of carbonyl (C=O) groups excluding carboxylic acids is 1. The number of hydrogen-bond acceptors (Lipinski definition) is 7. The number of para-hydroxylation sites is 2. The molecule has 0 aliphatic rings. The third-order valence-electron chi connectivity index (χ3n) is 3.92. The van der Waals surface area contributed by atoms with Crippen LogP contribution in [0.4, 0.5) is 5.69 Å². The lowest BCUT2D eigenvalue weighted by atomic mass is 10.3. The molecule has 0 aliphatic carbocycles. The van der Waals surface area contributed by atoms with Gasteiger partial charge in [0.15, 0.2) is 0 Å². The Morgan fingerprint density at radius 3 is 2.55 bits per heavy atom. The predicted octanol–water partition coefficient (Wildman–Crippen LogP) is 3.58. The van der Waals surface area contributed by atoms with Gasteiger partial charge in [0, 0.05) is 5.69 Å². The molecular formula is C20H23N5O3S. The van der Waals surface area contributed by atoms with Crippen molar-refractivity contribution in [3.8, 4) is 17.2 Å². The van der Waals surface area contributed by atoms with Gasteiger partial charge < -0.3 is 14.8 Å². The molecule has 3 rings (SSSR count). The Morgan fingerprint density at radius 2 is 1.83 bits per heavy atom. The lowest BCUT2D eigenvalue weighted by Crippen LogP contribution is -2.23. The number of tetrazole rings is 1. The normalized spacial score (nSPS) is 11.7. The first-order chi connectivity index (χ1) is 14.1. The van der Waals surface area contributed by atoms with Gasteiger partial charge in [0.1, 0.15) is 17.2 Å². The molecule has 1 N–H and O–H groups in total. The molecule has 1 amide bonds. The zero-order valence-electron chi connectivity index (χ0n) is 16.5. The van der Waals surface area contributed by atoms with E-state index in [4.69, 9.17) is 9.47 Å². The fourth-order valence-corrected chi connectivity index (χ4v) is 3.37. The lowest BCUT2D eigenvalue weighted by Gasteiger charge is -2.13. The van der Waals surface area contributed by atoms with Crippen LogP contribution in [0.25, 0.3) is 5.69 Å². The second-order valence-corrected chi connectivity index (χ2v) is 7.29. The summed E-state index contributed by atoms with van der Waals surface area (Å²) in [5, 5.41) is 14.9. The van der Waals surface area contributed by atoms with Crippen molar-refractivity contribution in [2.75, 3.05) is 18.5 Å². The van der Waals surface area contributed by atoms with Crippen LogP contribution in [0.15, 0.2) is 53.7 Å². The average Bonchev–Trinajstić information content (AvgIpc) is 3.18. The third kappa shape index (κ3) is 5.26. The number of aromatic nitrogens is 4. The Bertz CT molecular complexity index is 945. The number of rotatable bonds is 9. The van der Waals surface area contributed by atoms with Crippen LogP contribution in [0.1, 0.15) is 20.8 Å². The number of ether oxygens (including phenoxy) is 2. The summed E-state index contributed by atoms with van der Waals surface area (Å²) >= 11 is 1.27. The molecule has 1 unspecified atom stereocenters. The van der Waals surface area contributed by atoms with Crippen molar-refractivity contribution in [1.29, 1.82) is 0 Å². The smallest absolute Gasteiger partial charge is 0.237 e. The van der Waals surface area contributed by atoms with Gasteiger partial charge in [0.2, 0.25) is 11.1 Å². The Morgan fingerprint density at radius 1 is 1.10 bits per heavy atom. The summed E-state index contributed by atoms with van der Waals surface area (Å²) in [6.45, 7) is 6.78. The van der Waals surface area contributed by atoms with Crippen LogP contribution in [0.3, 0.4) is 0 Å². The molecule has 1 aromatic heterocycles. The van der Waals surface area contributed by atoms with Crippen LogP contribution in [0, 0.1) is 0 Å². The second kappa shape index (κ2) is 9.92. The maximum atomic E-state index is 12.6. The second-order valence-electron chi connectivity index (χ2n) is 5.98. The van der Waals surface area contributed by atoms with E-state index < -0.39 is 5.25 Å². The van der Waals surface area contributed by atoms with E-state index in [1.165, 1.54) is 11.8 Å². The summed E-state index contributed by atoms with van der Waals surface area (Å²) in [5.74, 6) is 1.29. The minimum Gasteiger partial charge on any atom is -0.494 e. The Balaban J connectivity index is 1.69. The van der Waals surface area contributed by atoms with E-state index >= 15 is 0 Å². The van der Waals surface area contributed by atoms with Crippen molar-refractivity contribution in [2.24, 2.45) is 0 Å². The van der Waals surface area contributed by atoms with Crippen LogP contribution in [0.2, 0.25) is 0 Å². The van der Waals surface area contributed by atoms with E-state index in [-0.39, 0.29) is 5.91 Å². The topological polar surface area (TPSA) is 91.2 Å². The highest BCUT2D eigenvalue weighted by atomic mass is 32.2. The van der Waals surface area contributed by atoms with Crippen LogP contribution >= 0.6 is 11.8 Å². The van der Waals surface area contributed by atoms with Gasteiger partial charge in [-0.05, 0) is 67.6 Å².